The van der Waals surface area contributed by atoms with Crippen LogP contribution in [0.15, 0.2) is 0 Å². The third kappa shape index (κ3) is 2.10. The highest BCUT2D eigenvalue weighted by atomic mass is 16.5. The van der Waals surface area contributed by atoms with Crippen LogP contribution >= 0.6 is 0 Å². The lowest BCUT2D eigenvalue weighted by Gasteiger charge is -2.44. The molecule has 0 aromatic rings. The lowest BCUT2D eigenvalue weighted by atomic mass is 9.66. The minimum atomic E-state index is -0.959. The largest absolute Gasteiger partial charge is 0.379 e. The van der Waals surface area contributed by atoms with Crippen LogP contribution in [-0.4, -0.2) is 67.0 Å². The fourth-order valence-electron chi connectivity index (χ4n) is 2.97. The molecule has 0 aromatic heterocycles. The second kappa shape index (κ2) is 5.14. The van der Waals surface area contributed by atoms with Gasteiger partial charge in [0.15, 0.2) is 0 Å². The number of morpholine rings is 1. The standard InChI is InChI=1S/C13H19N3O4/c17-10-13(2-1-3-13)11(18)16(12(19)14-10)5-4-15-6-8-20-9-7-15/h1-9H2,(H,14,17,19). The van der Waals surface area contributed by atoms with Gasteiger partial charge in [-0.2, -0.15) is 0 Å². The summed E-state index contributed by atoms with van der Waals surface area (Å²) in [6.07, 6.45) is 1.97. The van der Waals surface area contributed by atoms with E-state index in [9.17, 15) is 14.4 Å². The van der Waals surface area contributed by atoms with Crippen molar-refractivity contribution < 1.29 is 19.1 Å². The highest BCUT2D eigenvalue weighted by Crippen LogP contribution is 2.44. The molecule has 3 rings (SSSR count). The normalized spacial score (nSPS) is 26.6. The van der Waals surface area contributed by atoms with Crippen LogP contribution in [0.3, 0.4) is 0 Å². The molecule has 3 aliphatic rings. The van der Waals surface area contributed by atoms with E-state index in [-0.39, 0.29) is 5.91 Å². The van der Waals surface area contributed by atoms with E-state index in [0.29, 0.717) is 39.1 Å². The summed E-state index contributed by atoms with van der Waals surface area (Å²) in [4.78, 5) is 39.5. The van der Waals surface area contributed by atoms with Gasteiger partial charge in [-0.25, -0.2) is 4.79 Å². The van der Waals surface area contributed by atoms with Gasteiger partial charge in [0.2, 0.25) is 11.8 Å². The zero-order valence-corrected chi connectivity index (χ0v) is 11.4. The number of nitrogens with zero attached hydrogens (tertiary/aromatic N) is 2. The van der Waals surface area contributed by atoms with Crippen LogP contribution in [0.2, 0.25) is 0 Å². The zero-order valence-electron chi connectivity index (χ0n) is 11.4. The molecule has 110 valence electrons. The van der Waals surface area contributed by atoms with E-state index in [2.05, 4.69) is 10.2 Å². The molecule has 20 heavy (non-hydrogen) atoms. The highest BCUT2D eigenvalue weighted by Gasteiger charge is 2.57. The lowest BCUT2D eigenvalue weighted by molar-refractivity contribution is -0.157. The van der Waals surface area contributed by atoms with Crippen molar-refractivity contribution in [1.29, 1.82) is 0 Å². The monoisotopic (exact) mass is 281 g/mol. The Kier molecular flexibility index (Phi) is 3.47. The van der Waals surface area contributed by atoms with Crippen molar-refractivity contribution in [2.45, 2.75) is 19.3 Å². The van der Waals surface area contributed by atoms with Crippen molar-refractivity contribution in [3.63, 3.8) is 0 Å². The van der Waals surface area contributed by atoms with E-state index >= 15 is 0 Å². The number of barbiturate groups is 1. The molecule has 7 heteroatoms. The molecule has 4 amide bonds. The van der Waals surface area contributed by atoms with E-state index in [1.807, 2.05) is 0 Å². The molecule has 0 atom stereocenters. The molecular weight excluding hydrogens is 262 g/mol. The Balaban J connectivity index is 1.63. The van der Waals surface area contributed by atoms with E-state index in [4.69, 9.17) is 4.74 Å². The zero-order chi connectivity index (χ0) is 14.2. The summed E-state index contributed by atoms with van der Waals surface area (Å²) in [6, 6.07) is -0.578. The Bertz CT molecular complexity index is 441. The first kappa shape index (κ1) is 13.5. The number of hydrogen-bond acceptors (Lipinski definition) is 5. The number of rotatable bonds is 3. The summed E-state index contributed by atoms with van der Waals surface area (Å²) >= 11 is 0. The molecule has 1 aliphatic carbocycles. The molecule has 0 unspecified atom stereocenters. The topological polar surface area (TPSA) is 79.0 Å². The quantitative estimate of drug-likeness (QED) is 0.710. The van der Waals surface area contributed by atoms with Gasteiger partial charge >= 0.3 is 6.03 Å². The maximum atomic E-state index is 12.4. The molecular formula is C13H19N3O4. The van der Waals surface area contributed by atoms with E-state index in [1.54, 1.807) is 0 Å². The number of imide groups is 2. The summed E-state index contributed by atoms with van der Waals surface area (Å²) < 4.78 is 5.26. The Labute approximate surface area is 117 Å². The second-order valence-corrected chi connectivity index (χ2v) is 5.61. The minimum Gasteiger partial charge on any atom is -0.379 e. The molecule has 1 saturated carbocycles. The van der Waals surface area contributed by atoms with Gasteiger partial charge in [-0.3, -0.25) is 24.7 Å². The van der Waals surface area contributed by atoms with Gasteiger partial charge in [-0.1, -0.05) is 6.42 Å². The maximum Gasteiger partial charge on any atom is 0.330 e. The van der Waals surface area contributed by atoms with E-state index in [0.717, 1.165) is 19.5 Å². The molecule has 3 fully saturated rings. The number of ether oxygens (including phenoxy) is 1. The fourth-order valence-corrected chi connectivity index (χ4v) is 2.97. The third-order valence-electron chi connectivity index (χ3n) is 4.51. The molecule has 7 nitrogen and oxygen atoms in total. The van der Waals surface area contributed by atoms with Crippen LogP contribution in [0.1, 0.15) is 19.3 Å². The first-order valence-corrected chi connectivity index (χ1v) is 7.11. The van der Waals surface area contributed by atoms with Gasteiger partial charge in [0, 0.05) is 26.2 Å². The first-order valence-electron chi connectivity index (χ1n) is 7.11. The van der Waals surface area contributed by atoms with Crippen molar-refractivity contribution in [3.05, 3.63) is 0 Å². The summed E-state index contributed by atoms with van der Waals surface area (Å²) in [5, 5.41) is 2.32. The van der Waals surface area contributed by atoms with E-state index < -0.39 is 17.4 Å². The lowest BCUT2D eigenvalue weighted by Crippen LogP contribution is -2.66. The molecule has 2 saturated heterocycles. The highest BCUT2D eigenvalue weighted by molar-refractivity contribution is 6.19. The molecule has 0 bridgehead atoms. The van der Waals surface area contributed by atoms with Crippen molar-refractivity contribution in [2.24, 2.45) is 5.41 Å². The van der Waals surface area contributed by atoms with Gasteiger partial charge in [-0.15, -0.1) is 0 Å². The summed E-state index contributed by atoms with van der Waals surface area (Å²) in [6.45, 7) is 3.96. The molecule has 1 N–H and O–H groups in total. The van der Waals surface area contributed by atoms with Crippen LogP contribution in [-0.2, 0) is 14.3 Å². The maximum absolute atomic E-state index is 12.4. The van der Waals surface area contributed by atoms with Crippen LogP contribution in [0.5, 0.6) is 0 Å². The number of amides is 4. The predicted molar refractivity (Wildman–Crippen MR) is 68.8 cm³/mol. The SMILES string of the molecule is O=C1NC(=O)C2(CCC2)C(=O)N1CCN1CCOCC1. The summed E-state index contributed by atoms with van der Waals surface area (Å²) in [5.74, 6) is -0.730. The van der Waals surface area contributed by atoms with Crippen LogP contribution < -0.4 is 5.32 Å². The molecule has 0 radical (unpaired) electrons. The number of carbonyl (C=O) groups is 3. The molecule has 1 spiro atoms. The summed E-state index contributed by atoms with van der Waals surface area (Å²) in [7, 11) is 0. The molecule has 2 heterocycles. The third-order valence-corrected chi connectivity index (χ3v) is 4.51. The molecule has 2 aliphatic heterocycles. The number of urea groups is 1. The summed E-state index contributed by atoms with van der Waals surface area (Å²) in [5.41, 5.74) is -0.959. The van der Waals surface area contributed by atoms with Crippen molar-refractivity contribution in [3.8, 4) is 0 Å². The Morgan fingerprint density at radius 2 is 1.80 bits per heavy atom. The van der Waals surface area contributed by atoms with E-state index in [1.165, 1.54) is 4.90 Å². The Hall–Kier alpha value is -1.47. The average molecular weight is 281 g/mol. The fraction of sp³-hybridized carbons (Fsp3) is 0.769. The predicted octanol–water partition coefficient (Wildman–Crippen LogP) is -0.433. The Morgan fingerprint density at radius 1 is 1.10 bits per heavy atom. The van der Waals surface area contributed by atoms with Gasteiger partial charge in [-0.05, 0) is 12.8 Å². The average Bonchev–Trinajstić information content (AvgIpc) is 2.37. The number of carbonyl (C=O) groups excluding carboxylic acids is 3. The number of nitrogens with one attached hydrogen (secondary N) is 1. The van der Waals surface area contributed by atoms with Gasteiger partial charge < -0.3 is 4.74 Å². The van der Waals surface area contributed by atoms with Crippen LogP contribution in [0.4, 0.5) is 4.79 Å². The van der Waals surface area contributed by atoms with Crippen molar-refractivity contribution >= 4 is 17.8 Å². The van der Waals surface area contributed by atoms with Gasteiger partial charge in [0.05, 0.1) is 13.2 Å². The minimum absolute atomic E-state index is 0.314. The van der Waals surface area contributed by atoms with Crippen LogP contribution in [0.25, 0.3) is 0 Å². The second-order valence-electron chi connectivity index (χ2n) is 5.61. The van der Waals surface area contributed by atoms with Crippen molar-refractivity contribution in [2.75, 3.05) is 39.4 Å². The first-order chi connectivity index (χ1) is 9.63. The van der Waals surface area contributed by atoms with Gasteiger partial charge in [0.1, 0.15) is 5.41 Å². The number of hydrogen-bond donors (Lipinski definition) is 1. The molecule has 0 aromatic carbocycles. The Morgan fingerprint density at radius 3 is 2.40 bits per heavy atom. The van der Waals surface area contributed by atoms with Crippen molar-refractivity contribution in [1.82, 2.24) is 15.1 Å². The van der Waals surface area contributed by atoms with Crippen LogP contribution in [0, 0.1) is 5.41 Å². The smallest absolute Gasteiger partial charge is 0.330 e. The van der Waals surface area contributed by atoms with Gasteiger partial charge in [0.25, 0.3) is 0 Å².